The Hall–Kier alpha value is -1.10. The zero-order valence-electron chi connectivity index (χ0n) is 13.6. The third kappa shape index (κ3) is 10.8. The lowest BCUT2D eigenvalue weighted by molar-refractivity contribution is -0.123. The summed E-state index contributed by atoms with van der Waals surface area (Å²) in [6, 6.07) is 0. The molecule has 1 unspecified atom stereocenters. The number of hydrogen-bond acceptors (Lipinski definition) is 3. The van der Waals surface area contributed by atoms with Crippen LogP contribution in [-0.2, 0) is 9.59 Å². The number of carbonyl (C=O) groups excluding carboxylic acids is 2. The molecule has 20 heavy (non-hydrogen) atoms. The molecule has 0 radical (unpaired) electrons. The Balaban J connectivity index is 3.90. The van der Waals surface area contributed by atoms with E-state index in [2.05, 4.69) is 24.5 Å². The second kappa shape index (κ2) is 8.95. The summed E-state index contributed by atoms with van der Waals surface area (Å²) in [7, 11) is 0. The van der Waals surface area contributed by atoms with Crippen molar-refractivity contribution in [1.82, 2.24) is 10.6 Å². The first-order chi connectivity index (χ1) is 9.14. The van der Waals surface area contributed by atoms with Crippen LogP contribution >= 0.6 is 0 Å². The van der Waals surface area contributed by atoms with Crippen molar-refractivity contribution in [1.29, 1.82) is 0 Å². The molecule has 0 aromatic carbocycles. The van der Waals surface area contributed by atoms with Gasteiger partial charge >= 0.3 is 0 Å². The first-order valence-electron chi connectivity index (χ1n) is 7.41. The summed E-state index contributed by atoms with van der Waals surface area (Å²) in [6.07, 6.45) is 1.70. The lowest BCUT2D eigenvalue weighted by Crippen LogP contribution is -2.42. The van der Waals surface area contributed by atoms with Crippen molar-refractivity contribution < 1.29 is 9.59 Å². The van der Waals surface area contributed by atoms with E-state index in [0.29, 0.717) is 31.8 Å². The third-order valence-corrected chi connectivity index (χ3v) is 2.80. The Morgan fingerprint density at radius 3 is 2.20 bits per heavy atom. The second-order valence-corrected chi connectivity index (χ2v) is 6.83. The van der Waals surface area contributed by atoms with Crippen LogP contribution in [0, 0.1) is 11.8 Å². The number of nitrogens with two attached hydrogens (primary N) is 1. The Kier molecular flexibility index (Phi) is 8.46. The average molecular weight is 285 g/mol. The zero-order valence-corrected chi connectivity index (χ0v) is 13.6. The van der Waals surface area contributed by atoms with Gasteiger partial charge in [0.1, 0.15) is 0 Å². The lowest BCUT2D eigenvalue weighted by atomic mass is 9.94. The summed E-state index contributed by atoms with van der Waals surface area (Å²) >= 11 is 0. The van der Waals surface area contributed by atoms with Crippen molar-refractivity contribution in [3.05, 3.63) is 0 Å². The van der Waals surface area contributed by atoms with Crippen LogP contribution in [0.2, 0.25) is 0 Å². The SMILES string of the molecule is CC(C)CC(CN)CC(=O)NCCC(=O)NC(C)(C)C. The molecule has 0 heterocycles. The molecule has 0 fully saturated rings. The molecule has 2 amide bonds. The zero-order chi connectivity index (χ0) is 15.8. The maximum absolute atomic E-state index is 11.8. The van der Waals surface area contributed by atoms with Gasteiger partial charge < -0.3 is 16.4 Å². The Labute approximate surface area is 123 Å². The van der Waals surface area contributed by atoms with Gasteiger partial charge in [-0.05, 0) is 45.6 Å². The van der Waals surface area contributed by atoms with Crippen LogP contribution in [0.3, 0.4) is 0 Å². The molecular formula is C15H31N3O2. The van der Waals surface area contributed by atoms with Crippen LogP contribution < -0.4 is 16.4 Å². The second-order valence-electron chi connectivity index (χ2n) is 6.83. The summed E-state index contributed by atoms with van der Waals surface area (Å²) in [5.74, 6) is 0.687. The van der Waals surface area contributed by atoms with E-state index < -0.39 is 0 Å². The van der Waals surface area contributed by atoms with Crippen molar-refractivity contribution in [3.8, 4) is 0 Å². The predicted molar refractivity (Wildman–Crippen MR) is 82.1 cm³/mol. The van der Waals surface area contributed by atoms with E-state index in [1.807, 2.05) is 20.8 Å². The summed E-state index contributed by atoms with van der Waals surface area (Å²) < 4.78 is 0. The molecule has 4 N–H and O–H groups in total. The minimum absolute atomic E-state index is 0.0235. The first-order valence-corrected chi connectivity index (χ1v) is 7.41. The monoisotopic (exact) mass is 285 g/mol. The minimum Gasteiger partial charge on any atom is -0.356 e. The molecule has 0 saturated carbocycles. The van der Waals surface area contributed by atoms with E-state index in [9.17, 15) is 9.59 Å². The number of rotatable bonds is 8. The van der Waals surface area contributed by atoms with Gasteiger partial charge in [0.2, 0.25) is 11.8 Å². The molecule has 0 aliphatic rings. The minimum atomic E-state index is -0.233. The molecule has 0 bridgehead atoms. The molecule has 0 aliphatic carbocycles. The van der Waals surface area contributed by atoms with Crippen LogP contribution in [0.1, 0.15) is 53.9 Å². The van der Waals surface area contributed by atoms with Crippen LogP contribution in [0.4, 0.5) is 0 Å². The van der Waals surface area contributed by atoms with Crippen molar-refractivity contribution >= 4 is 11.8 Å². The van der Waals surface area contributed by atoms with Crippen LogP contribution in [0.5, 0.6) is 0 Å². The van der Waals surface area contributed by atoms with E-state index in [1.165, 1.54) is 0 Å². The highest BCUT2D eigenvalue weighted by Gasteiger charge is 2.15. The Bertz CT molecular complexity index is 309. The molecule has 118 valence electrons. The number of nitrogens with one attached hydrogen (secondary N) is 2. The maximum Gasteiger partial charge on any atom is 0.222 e. The van der Waals surface area contributed by atoms with Gasteiger partial charge in [-0.3, -0.25) is 9.59 Å². The van der Waals surface area contributed by atoms with E-state index in [4.69, 9.17) is 5.73 Å². The van der Waals surface area contributed by atoms with Gasteiger partial charge in [0, 0.05) is 24.9 Å². The van der Waals surface area contributed by atoms with Gasteiger partial charge in [0.15, 0.2) is 0 Å². The van der Waals surface area contributed by atoms with Gasteiger partial charge in [-0.25, -0.2) is 0 Å². The highest BCUT2D eigenvalue weighted by molar-refractivity contribution is 5.79. The van der Waals surface area contributed by atoms with Crippen LogP contribution in [0.15, 0.2) is 0 Å². The molecule has 0 aromatic heterocycles. The summed E-state index contributed by atoms with van der Waals surface area (Å²) in [5, 5.41) is 5.64. The normalized spacial score (nSPS) is 13.2. The quantitative estimate of drug-likeness (QED) is 0.630. The van der Waals surface area contributed by atoms with Crippen molar-refractivity contribution in [2.75, 3.05) is 13.1 Å². The van der Waals surface area contributed by atoms with Crippen LogP contribution in [-0.4, -0.2) is 30.4 Å². The Morgan fingerprint density at radius 2 is 1.75 bits per heavy atom. The molecule has 5 nitrogen and oxygen atoms in total. The number of hydrogen-bond donors (Lipinski definition) is 3. The predicted octanol–water partition coefficient (Wildman–Crippen LogP) is 1.42. The van der Waals surface area contributed by atoms with Gasteiger partial charge in [0.05, 0.1) is 0 Å². The fourth-order valence-electron chi connectivity index (χ4n) is 2.06. The highest BCUT2D eigenvalue weighted by atomic mass is 16.2. The van der Waals surface area contributed by atoms with Gasteiger partial charge in [0.25, 0.3) is 0 Å². The lowest BCUT2D eigenvalue weighted by Gasteiger charge is -2.20. The molecule has 0 aromatic rings. The molecule has 0 rings (SSSR count). The molecule has 0 spiro atoms. The highest BCUT2D eigenvalue weighted by Crippen LogP contribution is 2.13. The van der Waals surface area contributed by atoms with E-state index >= 15 is 0 Å². The molecule has 1 atom stereocenters. The van der Waals surface area contributed by atoms with Crippen molar-refractivity contribution in [2.45, 2.75) is 59.4 Å². The first kappa shape index (κ1) is 18.9. The molecule has 0 aliphatic heterocycles. The number of carbonyl (C=O) groups is 2. The fraction of sp³-hybridized carbons (Fsp3) is 0.867. The average Bonchev–Trinajstić information content (AvgIpc) is 2.24. The third-order valence-electron chi connectivity index (χ3n) is 2.80. The Morgan fingerprint density at radius 1 is 1.15 bits per heavy atom. The standard InChI is InChI=1S/C15H31N3O2/c1-11(2)8-12(10-16)9-14(20)17-7-6-13(19)18-15(3,4)5/h11-12H,6-10,16H2,1-5H3,(H,17,20)(H,18,19). The topological polar surface area (TPSA) is 84.2 Å². The van der Waals surface area contributed by atoms with Gasteiger partial charge in [-0.1, -0.05) is 13.8 Å². The van der Waals surface area contributed by atoms with E-state index in [0.717, 1.165) is 6.42 Å². The van der Waals surface area contributed by atoms with Crippen molar-refractivity contribution in [3.63, 3.8) is 0 Å². The maximum atomic E-state index is 11.8. The van der Waals surface area contributed by atoms with Crippen LogP contribution in [0.25, 0.3) is 0 Å². The smallest absolute Gasteiger partial charge is 0.222 e. The molecular weight excluding hydrogens is 254 g/mol. The summed E-state index contributed by atoms with van der Waals surface area (Å²) in [6.45, 7) is 10.9. The molecule has 0 saturated heterocycles. The summed E-state index contributed by atoms with van der Waals surface area (Å²) in [5.41, 5.74) is 5.44. The fourth-order valence-corrected chi connectivity index (χ4v) is 2.06. The van der Waals surface area contributed by atoms with Crippen molar-refractivity contribution in [2.24, 2.45) is 17.6 Å². The molecule has 5 heteroatoms. The van der Waals surface area contributed by atoms with E-state index in [-0.39, 0.29) is 23.3 Å². The summed E-state index contributed by atoms with van der Waals surface area (Å²) in [4.78, 5) is 23.3. The number of amides is 2. The largest absolute Gasteiger partial charge is 0.356 e. The van der Waals surface area contributed by atoms with Gasteiger partial charge in [-0.2, -0.15) is 0 Å². The van der Waals surface area contributed by atoms with E-state index in [1.54, 1.807) is 0 Å². The van der Waals surface area contributed by atoms with Gasteiger partial charge in [-0.15, -0.1) is 0 Å².